The molecule has 2 heterocycles. The van der Waals surface area contributed by atoms with E-state index in [1.54, 1.807) is 23.3 Å². The minimum absolute atomic E-state index is 0.00864. The second-order valence-electron chi connectivity index (χ2n) is 6.93. The number of hydrogen-bond acceptors (Lipinski definition) is 4. The molecule has 1 fully saturated rings. The summed E-state index contributed by atoms with van der Waals surface area (Å²) in [6.07, 6.45) is 4.39. The van der Waals surface area contributed by atoms with Crippen molar-refractivity contribution in [3.05, 3.63) is 46.4 Å². The zero-order valence-electron chi connectivity index (χ0n) is 16.0. The normalized spacial score (nSPS) is 13.6. The molecule has 27 heavy (non-hydrogen) atoms. The summed E-state index contributed by atoms with van der Waals surface area (Å²) < 4.78 is 7.18. The molecule has 0 unspecified atom stereocenters. The van der Waals surface area contributed by atoms with Crippen molar-refractivity contribution in [2.24, 2.45) is 7.05 Å². The summed E-state index contributed by atoms with van der Waals surface area (Å²) in [6.45, 7) is 1.54. The molecule has 0 bridgehead atoms. The van der Waals surface area contributed by atoms with E-state index in [0.29, 0.717) is 32.2 Å². The Morgan fingerprint density at radius 3 is 2.67 bits per heavy atom. The zero-order chi connectivity index (χ0) is 19.2. The first-order chi connectivity index (χ1) is 13.1. The molecule has 3 rings (SSSR count). The van der Waals surface area contributed by atoms with Gasteiger partial charge >= 0.3 is 0 Å². The van der Waals surface area contributed by atoms with Crippen LogP contribution in [-0.2, 0) is 34.3 Å². The molecule has 1 aliphatic carbocycles. The maximum Gasteiger partial charge on any atom is 0.242 e. The molecule has 0 aromatic carbocycles. The van der Waals surface area contributed by atoms with Crippen LogP contribution in [0.15, 0.2) is 35.8 Å². The quantitative estimate of drug-likeness (QED) is 0.627. The van der Waals surface area contributed by atoms with Gasteiger partial charge in [-0.15, -0.1) is 11.3 Å². The number of amides is 2. The molecule has 2 aromatic heterocycles. The van der Waals surface area contributed by atoms with Gasteiger partial charge in [-0.2, -0.15) is 0 Å². The zero-order valence-corrected chi connectivity index (χ0v) is 16.8. The monoisotopic (exact) mass is 389 g/mol. The summed E-state index contributed by atoms with van der Waals surface area (Å²) in [5, 5.41) is 1.96. The lowest BCUT2D eigenvalue weighted by Crippen LogP contribution is -2.45. The van der Waals surface area contributed by atoms with E-state index < -0.39 is 0 Å². The van der Waals surface area contributed by atoms with Crippen LogP contribution in [0.4, 0.5) is 0 Å². The SMILES string of the molecule is COCCN(CC(=O)N(Cc1cccn1C)C1CC1)C(=O)Cc1cccs1. The predicted octanol–water partition coefficient (Wildman–Crippen LogP) is 2.30. The summed E-state index contributed by atoms with van der Waals surface area (Å²) >= 11 is 1.56. The lowest BCUT2D eigenvalue weighted by molar-refractivity contribution is -0.141. The highest BCUT2D eigenvalue weighted by Gasteiger charge is 2.34. The van der Waals surface area contributed by atoms with Crippen LogP contribution >= 0.6 is 11.3 Å². The Labute approximate surface area is 164 Å². The Bertz CT molecular complexity index is 752. The minimum Gasteiger partial charge on any atom is -0.383 e. The van der Waals surface area contributed by atoms with Gasteiger partial charge in [0.15, 0.2) is 0 Å². The number of carbonyl (C=O) groups is 2. The molecule has 0 spiro atoms. The van der Waals surface area contributed by atoms with E-state index in [1.807, 2.05) is 52.4 Å². The third kappa shape index (κ3) is 5.43. The molecule has 1 aliphatic rings. The lowest BCUT2D eigenvalue weighted by atomic mass is 10.2. The fraction of sp³-hybridized carbons (Fsp3) is 0.500. The van der Waals surface area contributed by atoms with Crippen molar-refractivity contribution >= 4 is 23.2 Å². The van der Waals surface area contributed by atoms with Crippen molar-refractivity contribution < 1.29 is 14.3 Å². The average Bonchev–Trinajstić information content (AvgIpc) is 3.21. The molecule has 2 amide bonds. The number of rotatable bonds is 10. The van der Waals surface area contributed by atoms with E-state index in [9.17, 15) is 9.59 Å². The highest BCUT2D eigenvalue weighted by molar-refractivity contribution is 7.10. The fourth-order valence-electron chi connectivity index (χ4n) is 3.06. The van der Waals surface area contributed by atoms with Crippen molar-refractivity contribution in [3.8, 4) is 0 Å². The highest BCUT2D eigenvalue weighted by atomic mass is 32.1. The first-order valence-electron chi connectivity index (χ1n) is 9.27. The van der Waals surface area contributed by atoms with Gasteiger partial charge in [-0.25, -0.2) is 0 Å². The smallest absolute Gasteiger partial charge is 0.242 e. The second kappa shape index (κ2) is 9.19. The first-order valence-corrected chi connectivity index (χ1v) is 10.1. The van der Waals surface area contributed by atoms with Crippen LogP contribution in [0.3, 0.4) is 0 Å². The van der Waals surface area contributed by atoms with Crippen LogP contribution in [0.5, 0.6) is 0 Å². The number of carbonyl (C=O) groups excluding carboxylic acids is 2. The number of hydrogen-bond donors (Lipinski definition) is 0. The molecule has 0 aliphatic heterocycles. The van der Waals surface area contributed by atoms with Gasteiger partial charge in [-0.3, -0.25) is 9.59 Å². The van der Waals surface area contributed by atoms with E-state index >= 15 is 0 Å². The summed E-state index contributed by atoms with van der Waals surface area (Å²) in [6, 6.07) is 8.20. The standard InChI is InChI=1S/C20H27N3O3S/c1-21-9-3-5-17(21)14-23(16-7-8-16)20(25)15-22(10-11-26-2)19(24)13-18-6-4-12-27-18/h3-6,9,12,16H,7-8,10-11,13-15H2,1-2H3. The molecule has 1 saturated carbocycles. The van der Waals surface area contributed by atoms with Gasteiger partial charge in [-0.05, 0) is 36.4 Å². The van der Waals surface area contributed by atoms with Crippen LogP contribution in [0.1, 0.15) is 23.4 Å². The summed E-state index contributed by atoms with van der Waals surface area (Å²) in [7, 11) is 3.59. The summed E-state index contributed by atoms with van der Waals surface area (Å²) in [4.78, 5) is 30.3. The molecule has 2 aromatic rings. The van der Waals surface area contributed by atoms with Gasteiger partial charge in [-0.1, -0.05) is 6.07 Å². The van der Waals surface area contributed by atoms with Crippen LogP contribution in [-0.4, -0.2) is 59.0 Å². The van der Waals surface area contributed by atoms with Crippen LogP contribution < -0.4 is 0 Å². The van der Waals surface area contributed by atoms with Crippen molar-refractivity contribution in [1.82, 2.24) is 14.4 Å². The Balaban J connectivity index is 1.65. The average molecular weight is 390 g/mol. The number of aromatic nitrogens is 1. The van der Waals surface area contributed by atoms with E-state index in [4.69, 9.17) is 4.74 Å². The van der Waals surface area contributed by atoms with E-state index in [2.05, 4.69) is 0 Å². The Morgan fingerprint density at radius 1 is 1.26 bits per heavy atom. The number of ether oxygens (including phenoxy) is 1. The van der Waals surface area contributed by atoms with E-state index in [1.165, 1.54) is 0 Å². The van der Waals surface area contributed by atoms with Crippen LogP contribution in [0.2, 0.25) is 0 Å². The molecule has 7 heteroatoms. The highest BCUT2D eigenvalue weighted by Crippen LogP contribution is 2.28. The summed E-state index contributed by atoms with van der Waals surface area (Å²) in [5.41, 5.74) is 1.10. The van der Waals surface area contributed by atoms with Crippen molar-refractivity contribution in [2.75, 3.05) is 26.8 Å². The maximum atomic E-state index is 13.0. The van der Waals surface area contributed by atoms with Crippen LogP contribution in [0.25, 0.3) is 0 Å². The fourth-order valence-corrected chi connectivity index (χ4v) is 3.76. The molecule has 0 atom stereocenters. The van der Waals surface area contributed by atoms with E-state index in [-0.39, 0.29) is 18.4 Å². The van der Waals surface area contributed by atoms with Crippen molar-refractivity contribution in [3.63, 3.8) is 0 Å². The summed E-state index contributed by atoms with van der Waals surface area (Å²) in [5.74, 6) is -0.0215. The molecule has 0 N–H and O–H groups in total. The maximum absolute atomic E-state index is 13.0. The van der Waals surface area contributed by atoms with E-state index in [0.717, 1.165) is 23.4 Å². The van der Waals surface area contributed by atoms with Gasteiger partial charge in [0.2, 0.25) is 11.8 Å². The van der Waals surface area contributed by atoms with Gasteiger partial charge < -0.3 is 19.1 Å². The van der Waals surface area contributed by atoms with Gasteiger partial charge in [0.05, 0.1) is 26.1 Å². The first kappa shape index (κ1) is 19.6. The van der Waals surface area contributed by atoms with Crippen molar-refractivity contribution in [1.29, 1.82) is 0 Å². The predicted molar refractivity (Wildman–Crippen MR) is 105 cm³/mol. The molecule has 146 valence electrons. The Kier molecular flexibility index (Phi) is 6.68. The minimum atomic E-state index is -0.0301. The molecule has 6 nitrogen and oxygen atoms in total. The second-order valence-corrected chi connectivity index (χ2v) is 7.96. The lowest BCUT2D eigenvalue weighted by Gasteiger charge is -2.28. The number of nitrogens with zero attached hydrogens (tertiary/aromatic N) is 3. The third-order valence-corrected chi connectivity index (χ3v) is 5.72. The Hall–Kier alpha value is -2.12. The largest absolute Gasteiger partial charge is 0.383 e. The number of methoxy groups -OCH3 is 1. The topological polar surface area (TPSA) is 54.8 Å². The third-order valence-electron chi connectivity index (χ3n) is 4.84. The van der Waals surface area contributed by atoms with Gasteiger partial charge in [0, 0.05) is 43.5 Å². The van der Waals surface area contributed by atoms with Gasteiger partial charge in [0.25, 0.3) is 0 Å². The number of thiophene rings is 1. The van der Waals surface area contributed by atoms with Crippen LogP contribution in [0, 0.1) is 0 Å². The molecule has 0 radical (unpaired) electrons. The van der Waals surface area contributed by atoms with Crippen molar-refractivity contribution in [2.45, 2.75) is 31.8 Å². The Morgan fingerprint density at radius 2 is 2.07 bits per heavy atom. The molecular weight excluding hydrogens is 362 g/mol. The molecular formula is C20H27N3O3S. The molecule has 0 saturated heterocycles. The van der Waals surface area contributed by atoms with Gasteiger partial charge in [0.1, 0.15) is 0 Å². The number of aryl methyl sites for hydroxylation is 1.